The molecule has 0 aromatic heterocycles. The van der Waals surface area contributed by atoms with Gasteiger partial charge in [0.05, 0.1) is 7.11 Å². The number of carbonyl (C=O) groups excluding carboxylic acids is 1. The summed E-state index contributed by atoms with van der Waals surface area (Å²) in [6.45, 7) is 0.237. The van der Waals surface area contributed by atoms with Crippen molar-refractivity contribution in [3.63, 3.8) is 0 Å². The molecule has 1 aliphatic heterocycles. The fourth-order valence-corrected chi connectivity index (χ4v) is 1.93. The third-order valence-electron chi connectivity index (χ3n) is 2.80. The van der Waals surface area contributed by atoms with E-state index < -0.39 is 29.1 Å². The van der Waals surface area contributed by atoms with Gasteiger partial charge in [0.1, 0.15) is 0 Å². The summed E-state index contributed by atoms with van der Waals surface area (Å²) < 4.78 is 31.8. The molecule has 0 spiro atoms. The second kappa shape index (κ2) is 4.20. The molecule has 1 aliphatic rings. The number of nitrogens with one attached hydrogen (secondary N) is 1. The van der Waals surface area contributed by atoms with Crippen LogP contribution in [0.5, 0.6) is 11.5 Å². The molecule has 0 bridgehead atoms. The van der Waals surface area contributed by atoms with Crippen molar-refractivity contribution in [1.82, 2.24) is 5.32 Å². The third kappa shape index (κ3) is 1.90. The van der Waals surface area contributed by atoms with Crippen LogP contribution in [0.2, 0.25) is 0 Å². The van der Waals surface area contributed by atoms with Crippen molar-refractivity contribution in [2.75, 3.05) is 13.7 Å². The molecule has 4 nitrogen and oxygen atoms in total. The molecule has 17 heavy (non-hydrogen) atoms. The highest BCUT2D eigenvalue weighted by Gasteiger charge is 2.29. The van der Waals surface area contributed by atoms with Gasteiger partial charge < -0.3 is 15.2 Å². The number of rotatable bonds is 2. The van der Waals surface area contributed by atoms with Crippen LogP contribution in [-0.2, 0) is 4.79 Å². The van der Waals surface area contributed by atoms with E-state index in [1.54, 1.807) is 0 Å². The molecular weight excluding hydrogens is 232 g/mol. The first-order valence-electron chi connectivity index (χ1n) is 5.06. The van der Waals surface area contributed by atoms with Gasteiger partial charge in [-0.3, -0.25) is 4.79 Å². The van der Waals surface area contributed by atoms with Crippen LogP contribution in [0.3, 0.4) is 0 Å². The maximum Gasteiger partial charge on any atom is 0.220 e. The van der Waals surface area contributed by atoms with E-state index in [9.17, 15) is 18.7 Å². The first kappa shape index (κ1) is 11.6. The lowest BCUT2D eigenvalue weighted by Gasteiger charge is -2.13. The van der Waals surface area contributed by atoms with E-state index in [0.29, 0.717) is 0 Å². The fourth-order valence-electron chi connectivity index (χ4n) is 1.93. The molecule has 0 aliphatic carbocycles. The van der Waals surface area contributed by atoms with Crippen LogP contribution < -0.4 is 10.1 Å². The molecule has 0 radical (unpaired) electrons. The minimum atomic E-state index is -0.940. The van der Waals surface area contributed by atoms with Crippen LogP contribution in [0.15, 0.2) is 6.07 Å². The lowest BCUT2D eigenvalue weighted by atomic mass is 9.97. The molecule has 92 valence electrons. The molecule has 6 heteroatoms. The summed E-state index contributed by atoms with van der Waals surface area (Å²) in [5.41, 5.74) is -0.0147. The van der Waals surface area contributed by atoms with Crippen LogP contribution in [-0.4, -0.2) is 24.7 Å². The molecule has 2 rings (SSSR count). The van der Waals surface area contributed by atoms with Crippen molar-refractivity contribution in [2.45, 2.75) is 12.3 Å². The Labute approximate surface area is 96.2 Å². The molecule has 1 aromatic rings. The largest absolute Gasteiger partial charge is 0.502 e. The molecule has 1 fully saturated rings. The van der Waals surface area contributed by atoms with Crippen molar-refractivity contribution in [3.8, 4) is 11.5 Å². The molecule has 1 saturated heterocycles. The van der Waals surface area contributed by atoms with Crippen molar-refractivity contribution in [3.05, 3.63) is 23.3 Å². The number of hydrogen-bond donors (Lipinski definition) is 2. The Morgan fingerprint density at radius 2 is 2.24 bits per heavy atom. The Kier molecular flexibility index (Phi) is 2.87. The highest BCUT2D eigenvalue weighted by molar-refractivity contribution is 5.79. The van der Waals surface area contributed by atoms with Gasteiger partial charge in [0, 0.05) is 24.4 Å². The quantitative estimate of drug-likeness (QED) is 0.822. The molecule has 1 unspecified atom stereocenters. The second-order valence-electron chi connectivity index (χ2n) is 3.85. The van der Waals surface area contributed by atoms with Crippen LogP contribution in [0, 0.1) is 11.6 Å². The van der Waals surface area contributed by atoms with Crippen molar-refractivity contribution in [2.24, 2.45) is 0 Å². The predicted molar refractivity (Wildman–Crippen MR) is 54.9 cm³/mol. The smallest absolute Gasteiger partial charge is 0.220 e. The van der Waals surface area contributed by atoms with Crippen molar-refractivity contribution >= 4 is 5.91 Å². The number of phenols is 1. The zero-order valence-electron chi connectivity index (χ0n) is 9.09. The van der Waals surface area contributed by atoms with Gasteiger partial charge in [-0.05, 0) is 6.07 Å². The summed E-state index contributed by atoms with van der Waals surface area (Å²) in [6.07, 6.45) is 0.0854. The minimum Gasteiger partial charge on any atom is -0.502 e. The lowest BCUT2D eigenvalue weighted by Crippen LogP contribution is -2.13. The van der Waals surface area contributed by atoms with Gasteiger partial charge in [0.25, 0.3) is 0 Å². The molecule has 1 aromatic carbocycles. The predicted octanol–water partition coefficient (Wildman–Crippen LogP) is 1.28. The highest BCUT2D eigenvalue weighted by Crippen LogP contribution is 2.38. The second-order valence-corrected chi connectivity index (χ2v) is 3.85. The standard InChI is InChI=1S/C11H11F2NO3/c1-17-11-7(12)3-6(9(13)10(11)16)5-2-8(15)14-4-5/h3,5,16H,2,4H2,1H3,(H,14,15). The third-order valence-corrected chi connectivity index (χ3v) is 2.80. The summed E-state index contributed by atoms with van der Waals surface area (Å²) in [7, 11) is 1.14. The van der Waals surface area contributed by atoms with E-state index in [2.05, 4.69) is 10.1 Å². The number of hydrogen-bond acceptors (Lipinski definition) is 3. The monoisotopic (exact) mass is 243 g/mol. The number of aromatic hydroxyl groups is 1. The normalized spacial score (nSPS) is 19.2. The summed E-state index contributed by atoms with van der Waals surface area (Å²) in [6, 6.07) is 0.957. The van der Waals surface area contributed by atoms with Crippen molar-refractivity contribution in [1.29, 1.82) is 0 Å². The van der Waals surface area contributed by atoms with Crippen molar-refractivity contribution < 1.29 is 23.4 Å². The maximum absolute atomic E-state index is 13.8. The highest BCUT2D eigenvalue weighted by atomic mass is 19.1. The topological polar surface area (TPSA) is 58.6 Å². The van der Waals surface area contributed by atoms with Gasteiger partial charge in [-0.2, -0.15) is 0 Å². The first-order chi connectivity index (χ1) is 8.04. The van der Waals surface area contributed by atoms with Gasteiger partial charge in [-0.1, -0.05) is 0 Å². The number of amides is 1. The van der Waals surface area contributed by atoms with Crippen LogP contribution >= 0.6 is 0 Å². The molecule has 0 saturated carbocycles. The van der Waals surface area contributed by atoms with Crippen LogP contribution in [0.25, 0.3) is 0 Å². The number of halogens is 2. The Morgan fingerprint density at radius 1 is 1.53 bits per heavy atom. The SMILES string of the molecule is COc1c(F)cc(C2CNC(=O)C2)c(F)c1O. The van der Waals surface area contributed by atoms with Gasteiger partial charge in [0.2, 0.25) is 5.91 Å². The van der Waals surface area contributed by atoms with Crippen LogP contribution in [0.4, 0.5) is 8.78 Å². The van der Waals surface area contributed by atoms with E-state index in [4.69, 9.17) is 0 Å². The average molecular weight is 243 g/mol. The zero-order chi connectivity index (χ0) is 12.6. The van der Waals surface area contributed by atoms with E-state index in [1.165, 1.54) is 0 Å². The van der Waals surface area contributed by atoms with Crippen LogP contribution in [0.1, 0.15) is 17.9 Å². The van der Waals surface area contributed by atoms with E-state index in [-0.39, 0.29) is 24.4 Å². The number of methoxy groups -OCH3 is 1. The van der Waals surface area contributed by atoms with E-state index >= 15 is 0 Å². The Bertz CT molecular complexity index is 476. The number of carbonyl (C=O) groups is 1. The first-order valence-corrected chi connectivity index (χ1v) is 5.06. The molecular formula is C11H11F2NO3. The summed E-state index contributed by atoms with van der Waals surface area (Å²) >= 11 is 0. The minimum absolute atomic E-state index is 0.0147. The maximum atomic E-state index is 13.8. The summed E-state index contributed by atoms with van der Waals surface area (Å²) in [5.74, 6) is -3.85. The Balaban J connectivity index is 2.45. The van der Waals surface area contributed by atoms with Gasteiger partial charge in [-0.15, -0.1) is 0 Å². The van der Waals surface area contributed by atoms with Gasteiger partial charge >= 0.3 is 0 Å². The van der Waals surface area contributed by atoms with E-state index in [1.807, 2.05) is 0 Å². The average Bonchev–Trinajstić information content (AvgIpc) is 2.71. The summed E-state index contributed by atoms with van der Waals surface area (Å²) in [4.78, 5) is 11.0. The molecule has 2 N–H and O–H groups in total. The van der Waals surface area contributed by atoms with E-state index in [0.717, 1.165) is 13.2 Å². The summed E-state index contributed by atoms with van der Waals surface area (Å²) in [5, 5.41) is 12.0. The number of benzene rings is 1. The fraction of sp³-hybridized carbons (Fsp3) is 0.364. The Hall–Kier alpha value is -1.85. The molecule has 1 amide bonds. The molecule has 1 atom stereocenters. The zero-order valence-corrected chi connectivity index (χ0v) is 9.09. The van der Waals surface area contributed by atoms with Gasteiger partial charge in [0.15, 0.2) is 23.1 Å². The van der Waals surface area contributed by atoms with Gasteiger partial charge in [-0.25, -0.2) is 8.78 Å². The Morgan fingerprint density at radius 3 is 2.76 bits per heavy atom. The number of phenolic OH excluding ortho intramolecular Hbond substituents is 1. The molecule has 1 heterocycles. The number of ether oxygens (including phenoxy) is 1. The lowest BCUT2D eigenvalue weighted by molar-refractivity contribution is -0.119.